The fourth-order valence-corrected chi connectivity index (χ4v) is 2.18. The van der Waals surface area contributed by atoms with Crippen molar-refractivity contribution in [3.8, 4) is 11.5 Å². The maximum Gasteiger partial charge on any atom is 0.269 e. The number of rotatable bonds is 7. The zero-order valence-electron chi connectivity index (χ0n) is 14.9. The second kappa shape index (κ2) is 8.28. The van der Waals surface area contributed by atoms with Crippen molar-refractivity contribution in [2.45, 2.75) is 20.8 Å². The Morgan fingerprint density at radius 3 is 2.56 bits per heavy atom. The van der Waals surface area contributed by atoms with E-state index in [9.17, 15) is 10.1 Å². The minimum atomic E-state index is -0.415. The van der Waals surface area contributed by atoms with Crippen LogP contribution in [0.25, 0.3) is 0 Å². The summed E-state index contributed by atoms with van der Waals surface area (Å²) in [5.41, 5.74) is 2.34. The van der Waals surface area contributed by atoms with Gasteiger partial charge in [0.2, 0.25) is 0 Å². The van der Waals surface area contributed by atoms with Crippen LogP contribution in [-0.4, -0.2) is 24.9 Å². The van der Waals surface area contributed by atoms with Gasteiger partial charge in [0.1, 0.15) is 0 Å². The Balaban J connectivity index is 2.19. The van der Waals surface area contributed by atoms with Crippen molar-refractivity contribution in [2.24, 2.45) is 10.9 Å². The lowest BCUT2D eigenvalue weighted by atomic mass is 10.1. The first-order valence-corrected chi connectivity index (χ1v) is 8.00. The van der Waals surface area contributed by atoms with Crippen LogP contribution >= 0.6 is 0 Å². The van der Waals surface area contributed by atoms with Gasteiger partial charge >= 0.3 is 0 Å². The molecule has 0 N–H and O–H groups in total. The number of hydrogen-bond donors (Lipinski definition) is 0. The van der Waals surface area contributed by atoms with Gasteiger partial charge in [0, 0.05) is 18.3 Å². The summed E-state index contributed by atoms with van der Waals surface area (Å²) in [6, 6.07) is 10.2. The number of ether oxygens (including phenoxy) is 2. The fourth-order valence-electron chi connectivity index (χ4n) is 2.18. The molecule has 0 amide bonds. The smallest absolute Gasteiger partial charge is 0.269 e. The van der Waals surface area contributed by atoms with Gasteiger partial charge in [-0.25, -0.2) is 0 Å². The van der Waals surface area contributed by atoms with E-state index in [0.29, 0.717) is 29.7 Å². The van der Waals surface area contributed by atoms with Gasteiger partial charge in [-0.3, -0.25) is 15.1 Å². The Labute approximate surface area is 147 Å². The zero-order valence-corrected chi connectivity index (χ0v) is 14.9. The number of aliphatic imine (C=N–C) groups is 1. The highest BCUT2D eigenvalue weighted by Gasteiger charge is 2.08. The molecule has 2 rings (SSSR count). The van der Waals surface area contributed by atoms with Gasteiger partial charge in [-0.2, -0.15) is 0 Å². The van der Waals surface area contributed by atoms with Gasteiger partial charge in [0.25, 0.3) is 5.69 Å². The Morgan fingerprint density at radius 2 is 1.96 bits per heavy atom. The predicted molar refractivity (Wildman–Crippen MR) is 98.4 cm³/mol. The number of nitro benzene ring substituents is 1. The molecule has 0 aliphatic carbocycles. The highest BCUT2D eigenvalue weighted by Crippen LogP contribution is 2.29. The van der Waals surface area contributed by atoms with Crippen molar-refractivity contribution in [3.05, 3.63) is 57.6 Å². The second-order valence-corrected chi connectivity index (χ2v) is 6.10. The van der Waals surface area contributed by atoms with E-state index < -0.39 is 4.92 Å². The number of nitro groups is 1. The summed E-state index contributed by atoms with van der Waals surface area (Å²) in [6.07, 6.45) is 1.70. The molecule has 6 nitrogen and oxygen atoms in total. The molecule has 25 heavy (non-hydrogen) atoms. The topological polar surface area (TPSA) is 74.0 Å². The van der Waals surface area contributed by atoms with E-state index in [1.54, 1.807) is 26.3 Å². The van der Waals surface area contributed by atoms with Crippen molar-refractivity contribution in [3.63, 3.8) is 0 Å². The molecule has 0 atom stereocenters. The van der Waals surface area contributed by atoms with Gasteiger partial charge in [-0.15, -0.1) is 0 Å². The lowest BCUT2D eigenvalue weighted by molar-refractivity contribution is -0.384. The maximum atomic E-state index is 10.8. The molecule has 0 fully saturated rings. The number of aryl methyl sites for hydroxylation is 1. The fraction of sp³-hybridized carbons (Fsp3) is 0.316. The number of hydrogen-bond acceptors (Lipinski definition) is 5. The van der Waals surface area contributed by atoms with Gasteiger partial charge in [-0.1, -0.05) is 13.8 Å². The first kappa shape index (κ1) is 18.4. The van der Waals surface area contributed by atoms with Gasteiger partial charge in [0.15, 0.2) is 11.5 Å². The summed E-state index contributed by atoms with van der Waals surface area (Å²) < 4.78 is 11.1. The lowest BCUT2D eigenvalue weighted by Gasteiger charge is -2.12. The molecule has 0 spiro atoms. The van der Waals surface area contributed by atoms with Gasteiger partial charge < -0.3 is 9.47 Å². The van der Waals surface area contributed by atoms with E-state index in [4.69, 9.17) is 9.47 Å². The second-order valence-electron chi connectivity index (χ2n) is 6.10. The molecule has 0 bridgehead atoms. The summed E-state index contributed by atoms with van der Waals surface area (Å²) in [4.78, 5) is 14.8. The van der Waals surface area contributed by atoms with Crippen LogP contribution in [0.4, 0.5) is 11.4 Å². The third-order valence-electron chi connectivity index (χ3n) is 3.50. The first-order chi connectivity index (χ1) is 11.9. The molecule has 0 saturated carbocycles. The average molecular weight is 342 g/mol. The van der Waals surface area contributed by atoms with Crippen molar-refractivity contribution in [1.29, 1.82) is 0 Å². The lowest BCUT2D eigenvalue weighted by Crippen LogP contribution is -2.05. The van der Waals surface area contributed by atoms with Crippen LogP contribution in [0.5, 0.6) is 11.5 Å². The van der Waals surface area contributed by atoms with Crippen molar-refractivity contribution in [1.82, 2.24) is 0 Å². The van der Waals surface area contributed by atoms with E-state index in [1.165, 1.54) is 12.1 Å². The Morgan fingerprint density at radius 1 is 1.20 bits per heavy atom. The molecule has 0 aliphatic heterocycles. The summed E-state index contributed by atoms with van der Waals surface area (Å²) >= 11 is 0. The van der Waals surface area contributed by atoms with Gasteiger partial charge in [-0.05, 0) is 48.2 Å². The van der Waals surface area contributed by atoms with Crippen molar-refractivity contribution >= 4 is 17.6 Å². The van der Waals surface area contributed by atoms with Crippen molar-refractivity contribution < 1.29 is 14.4 Å². The Hall–Kier alpha value is -2.89. The first-order valence-electron chi connectivity index (χ1n) is 8.00. The number of nitrogens with zero attached hydrogens (tertiary/aromatic N) is 2. The van der Waals surface area contributed by atoms with Gasteiger partial charge in [0.05, 0.1) is 24.3 Å². The molecule has 2 aromatic rings. The molecule has 132 valence electrons. The Bertz CT molecular complexity index is 785. The van der Waals surface area contributed by atoms with E-state index in [2.05, 4.69) is 18.8 Å². The molecular weight excluding hydrogens is 320 g/mol. The summed E-state index contributed by atoms with van der Waals surface area (Å²) in [5, 5.41) is 10.8. The third-order valence-corrected chi connectivity index (χ3v) is 3.50. The average Bonchev–Trinajstić information content (AvgIpc) is 2.58. The quantitative estimate of drug-likeness (QED) is 0.415. The molecule has 0 heterocycles. The van der Waals surface area contributed by atoms with Crippen LogP contribution in [0.1, 0.15) is 25.0 Å². The maximum absolute atomic E-state index is 10.8. The summed E-state index contributed by atoms with van der Waals surface area (Å²) in [6.45, 7) is 6.58. The van der Waals surface area contributed by atoms with Crippen LogP contribution in [0.3, 0.4) is 0 Å². The highest BCUT2D eigenvalue weighted by atomic mass is 16.6. The van der Waals surface area contributed by atoms with E-state index in [-0.39, 0.29) is 5.69 Å². The molecule has 0 unspecified atom stereocenters. The summed E-state index contributed by atoms with van der Waals surface area (Å²) in [7, 11) is 1.60. The Kier molecular flexibility index (Phi) is 6.11. The normalized spacial score (nSPS) is 11.1. The molecular formula is C19H22N2O4. The van der Waals surface area contributed by atoms with Crippen LogP contribution in [-0.2, 0) is 0 Å². The monoisotopic (exact) mass is 342 g/mol. The molecule has 0 radical (unpaired) electrons. The van der Waals surface area contributed by atoms with Crippen molar-refractivity contribution in [2.75, 3.05) is 13.7 Å². The SMILES string of the molecule is COc1cc(C=Nc2ccc([N+](=O)[O-])cc2C)ccc1OCC(C)C. The summed E-state index contributed by atoms with van der Waals surface area (Å²) in [5.74, 6) is 1.76. The molecule has 0 saturated heterocycles. The van der Waals surface area contributed by atoms with E-state index in [1.807, 2.05) is 18.2 Å². The zero-order chi connectivity index (χ0) is 18.4. The molecule has 0 aromatic heterocycles. The van der Waals surface area contributed by atoms with Crippen LogP contribution in [0, 0.1) is 23.0 Å². The minimum absolute atomic E-state index is 0.0600. The third kappa shape index (κ3) is 5.04. The largest absolute Gasteiger partial charge is 0.493 e. The molecule has 6 heteroatoms. The predicted octanol–water partition coefficient (Wildman–Crippen LogP) is 4.70. The highest BCUT2D eigenvalue weighted by molar-refractivity contribution is 5.83. The van der Waals surface area contributed by atoms with E-state index >= 15 is 0 Å². The van der Waals surface area contributed by atoms with Crippen LogP contribution in [0.2, 0.25) is 0 Å². The minimum Gasteiger partial charge on any atom is -0.493 e. The number of methoxy groups -OCH3 is 1. The van der Waals surface area contributed by atoms with Crippen LogP contribution < -0.4 is 9.47 Å². The van der Waals surface area contributed by atoms with E-state index in [0.717, 1.165) is 11.1 Å². The molecule has 2 aromatic carbocycles. The number of non-ortho nitro benzene ring substituents is 1. The standard InChI is InChI=1S/C19H22N2O4/c1-13(2)12-25-18-8-5-15(10-19(18)24-4)11-20-17-7-6-16(21(22)23)9-14(17)3/h5-11,13H,12H2,1-4H3. The molecule has 0 aliphatic rings. The van der Waals surface area contributed by atoms with Crippen LogP contribution in [0.15, 0.2) is 41.4 Å². The number of benzene rings is 2.